The summed E-state index contributed by atoms with van der Waals surface area (Å²) in [7, 11) is 1.85. The third-order valence-corrected chi connectivity index (χ3v) is 5.03. The van der Waals surface area contributed by atoms with E-state index in [1.54, 1.807) is 0 Å². The van der Waals surface area contributed by atoms with Crippen molar-refractivity contribution in [2.45, 2.75) is 39.2 Å². The molecule has 2 rings (SSSR count). The van der Waals surface area contributed by atoms with Crippen molar-refractivity contribution in [2.75, 3.05) is 33.2 Å². The van der Waals surface area contributed by atoms with E-state index >= 15 is 0 Å². The molecule has 1 aromatic rings. The lowest BCUT2D eigenvalue weighted by Gasteiger charge is -2.32. The largest absolute Gasteiger partial charge is 0.356 e. The van der Waals surface area contributed by atoms with Crippen LogP contribution in [0.15, 0.2) is 22.5 Å². The molecule has 2 heterocycles. The van der Waals surface area contributed by atoms with Crippen molar-refractivity contribution in [1.82, 2.24) is 15.5 Å². The number of halogens is 1. The second-order valence-electron chi connectivity index (χ2n) is 6.06. The first-order chi connectivity index (χ1) is 10.8. The molecule has 0 saturated carbocycles. The topological polar surface area (TPSA) is 39.7 Å². The number of rotatable bonds is 7. The average molecular weight is 450 g/mol. The summed E-state index contributed by atoms with van der Waals surface area (Å²) in [4.78, 5) is 8.38. The minimum absolute atomic E-state index is 0. The quantitative estimate of drug-likeness (QED) is 0.289. The van der Waals surface area contributed by atoms with Crippen LogP contribution in [0.5, 0.6) is 0 Å². The molecule has 23 heavy (non-hydrogen) atoms. The molecular weight excluding hydrogens is 419 g/mol. The molecule has 0 radical (unpaired) electrons. The van der Waals surface area contributed by atoms with Gasteiger partial charge in [0, 0.05) is 38.1 Å². The highest BCUT2D eigenvalue weighted by atomic mass is 127. The van der Waals surface area contributed by atoms with Crippen molar-refractivity contribution in [3.05, 3.63) is 22.4 Å². The van der Waals surface area contributed by atoms with Crippen LogP contribution in [0.1, 0.15) is 37.5 Å². The third kappa shape index (κ3) is 7.85. The fourth-order valence-electron chi connectivity index (χ4n) is 2.93. The molecule has 1 fully saturated rings. The maximum Gasteiger partial charge on any atom is 0.190 e. The van der Waals surface area contributed by atoms with Crippen LogP contribution in [0.25, 0.3) is 0 Å². The van der Waals surface area contributed by atoms with Crippen molar-refractivity contribution in [1.29, 1.82) is 0 Å². The van der Waals surface area contributed by atoms with E-state index < -0.39 is 0 Å². The predicted molar refractivity (Wildman–Crippen MR) is 112 cm³/mol. The number of hydrogen-bond donors (Lipinski definition) is 2. The van der Waals surface area contributed by atoms with E-state index in [0.29, 0.717) is 0 Å². The number of nitrogens with zero attached hydrogens (tertiary/aromatic N) is 2. The molecule has 1 atom stereocenters. The third-order valence-electron chi connectivity index (χ3n) is 4.17. The maximum absolute atomic E-state index is 4.31. The lowest BCUT2D eigenvalue weighted by molar-refractivity contribution is 0.169. The number of guanidine groups is 1. The Morgan fingerprint density at radius 2 is 2.30 bits per heavy atom. The molecule has 2 N–H and O–H groups in total. The van der Waals surface area contributed by atoms with Crippen molar-refractivity contribution in [3.63, 3.8) is 0 Å². The van der Waals surface area contributed by atoms with Crippen molar-refractivity contribution < 1.29 is 0 Å². The first-order valence-electron chi connectivity index (χ1n) is 8.51. The lowest BCUT2D eigenvalue weighted by Crippen LogP contribution is -2.44. The van der Waals surface area contributed by atoms with Crippen molar-refractivity contribution >= 4 is 41.3 Å². The van der Waals surface area contributed by atoms with Gasteiger partial charge in [-0.05, 0) is 43.2 Å². The Balaban J connectivity index is 0.00000264. The Bertz CT molecular complexity index is 436. The standard InChI is InChI=1S/C17H30N4S.HI/c1-3-4-9-19-17(18-2)20-12-15-7-5-10-21(13-15)14-16-8-6-11-22-16;/h6,8,11,15H,3-5,7,9-10,12-14H2,1-2H3,(H2,18,19,20);1H. The van der Waals surface area contributed by atoms with Gasteiger partial charge in [-0.15, -0.1) is 35.3 Å². The van der Waals surface area contributed by atoms with Gasteiger partial charge in [-0.25, -0.2) is 0 Å². The van der Waals surface area contributed by atoms with Crippen LogP contribution in [0.2, 0.25) is 0 Å². The van der Waals surface area contributed by atoms with Gasteiger partial charge in [0.1, 0.15) is 0 Å². The summed E-state index contributed by atoms with van der Waals surface area (Å²) in [6, 6.07) is 4.39. The van der Waals surface area contributed by atoms with E-state index in [0.717, 1.165) is 31.5 Å². The number of likely N-dealkylation sites (tertiary alicyclic amines) is 1. The van der Waals surface area contributed by atoms with Gasteiger partial charge in [-0.1, -0.05) is 19.4 Å². The lowest BCUT2D eigenvalue weighted by atomic mass is 9.98. The van der Waals surface area contributed by atoms with Gasteiger partial charge in [0.15, 0.2) is 5.96 Å². The predicted octanol–water partition coefficient (Wildman–Crippen LogP) is 3.54. The van der Waals surface area contributed by atoms with Crippen molar-refractivity contribution in [3.8, 4) is 0 Å². The second-order valence-corrected chi connectivity index (χ2v) is 7.09. The highest BCUT2D eigenvalue weighted by Gasteiger charge is 2.20. The van der Waals surface area contributed by atoms with Gasteiger partial charge in [0.2, 0.25) is 0 Å². The molecule has 1 saturated heterocycles. The summed E-state index contributed by atoms with van der Waals surface area (Å²) >= 11 is 1.86. The molecular formula is C17H31IN4S. The Hall–Kier alpha value is -0.340. The zero-order valence-corrected chi connectivity index (χ0v) is 17.5. The first-order valence-corrected chi connectivity index (χ1v) is 9.39. The van der Waals surface area contributed by atoms with E-state index in [2.05, 4.69) is 45.0 Å². The molecule has 6 heteroatoms. The summed E-state index contributed by atoms with van der Waals surface area (Å²) in [5.41, 5.74) is 0. The van der Waals surface area contributed by atoms with Crippen LogP contribution in [0.3, 0.4) is 0 Å². The van der Waals surface area contributed by atoms with Gasteiger partial charge in [0.05, 0.1) is 0 Å². The number of piperidine rings is 1. The molecule has 1 aliphatic heterocycles. The Morgan fingerprint density at radius 3 is 3.00 bits per heavy atom. The van der Waals surface area contributed by atoms with Crippen LogP contribution < -0.4 is 10.6 Å². The summed E-state index contributed by atoms with van der Waals surface area (Å²) in [6.45, 7) is 7.77. The monoisotopic (exact) mass is 450 g/mol. The Kier molecular flexibility index (Phi) is 10.9. The van der Waals surface area contributed by atoms with Gasteiger partial charge < -0.3 is 10.6 Å². The first kappa shape index (κ1) is 20.7. The molecule has 0 aromatic carbocycles. The van der Waals surface area contributed by atoms with E-state index in [9.17, 15) is 0 Å². The highest BCUT2D eigenvalue weighted by molar-refractivity contribution is 14.0. The minimum Gasteiger partial charge on any atom is -0.356 e. The zero-order chi connectivity index (χ0) is 15.6. The average Bonchev–Trinajstić information content (AvgIpc) is 3.04. The Labute approximate surface area is 162 Å². The highest BCUT2D eigenvalue weighted by Crippen LogP contribution is 2.19. The summed E-state index contributed by atoms with van der Waals surface area (Å²) in [5, 5.41) is 9.05. The SMILES string of the molecule is CCCCNC(=NC)NCC1CCCN(Cc2cccs2)C1.I. The molecule has 1 aromatic heterocycles. The van der Waals surface area contributed by atoms with E-state index in [1.807, 2.05) is 18.4 Å². The van der Waals surface area contributed by atoms with Crippen LogP contribution >= 0.6 is 35.3 Å². The summed E-state index contributed by atoms with van der Waals surface area (Å²) in [5.74, 6) is 1.67. The number of hydrogen-bond acceptors (Lipinski definition) is 3. The molecule has 132 valence electrons. The van der Waals surface area contributed by atoms with Gasteiger partial charge in [-0.2, -0.15) is 0 Å². The second kappa shape index (κ2) is 12.1. The van der Waals surface area contributed by atoms with E-state index in [-0.39, 0.29) is 24.0 Å². The Morgan fingerprint density at radius 1 is 1.43 bits per heavy atom. The summed E-state index contributed by atoms with van der Waals surface area (Å²) in [6.07, 6.45) is 5.03. The van der Waals surface area contributed by atoms with Crippen molar-refractivity contribution in [2.24, 2.45) is 10.9 Å². The minimum atomic E-state index is 0. The van der Waals surface area contributed by atoms with Gasteiger partial charge in [0.25, 0.3) is 0 Å². The van der Waals surface area contributed by atoms with Crippen LogP contribution in [-0.4, -0.2) is 44.1 Å². The van der Waals surface area contributed by atoms with E-state index in [4.69, 9.17) is 0 Å². The molecule has 1 aliphatic rings. The van der Waals surface area contributed by atoms with Crippen LogP contribution in [0.4, 0.5) is 0 Å². The fraction of sp³-hybridized carbons (Fsp3) is 0.706. The molecule has 0 spiro atoms. The normalized spacial score (nSPS) is 19.2. The van der Waals surface area contributed by atoms with Gasteiger partial charge in [-0.3, -0.25) is 9.89 Å². The molecule has 0 bridgehead atoms. The number of aliphatic imine (C=N–C) groups is 1. The van der Waals surface area contributed by atoms with Gasteiger partial charge >= 0.3 is 0 Å². The maximum atomic E-state index is 4.31. The van der Waals surface area contributed by atoms with Crippen LogP contribution in [0, 0.1) is 5.92 Å². The fourth-order valence-corrected chi connectivity index (χ4v) is 3.68. The zero-order valence-electron chi connectivity index (χ0n) is 14.4. The van der Waals surface area contributed by atoms with E-state index in [1.165, 1.54) is 43.6 Å². The number of unbranched alkanes of at least 4 members (excludes halogenated alkanes) is 1. The summed E-state index contributed by atoms with van der Waals surface area (Å²) < 4.78 is 0. The molecule has 1 unspecified atom stereocenters. The molecule has 4 nitrogen and oxygen atoms in total. The van der Waals surface area contributed by atoms with Crippen LogP contribution in [-0.2, 0) is 6.54 Å². The molecule has 0 aliphatic carbocycles. The number of thiophene rings is 1. The number of nitrogens with one attached hydrogen (secondary N) is 2. The smallest absolute Gasteiger partial charge is 0.190 e. The molecule has 0 amide bonds.